The maximum atomic E-state index is 2.66. The third-order valence-corrected chi connectivity index (χ3v) is 4.67. The maximum Gasteiger partial charge on any atom is 0.0125 e. The first kappa shape index (κ1) is 14.3. The summed E-state index contributed by atoms with van der Waals surface area (Å²) in [6, 6.07) is 0. The van der Waals surface area contributed by atoms with Gasteiger partial charge < -0.3 is 9.80 Å². The summed E-state index contributed by atoms with van der Waals surface area (Å²) in [5, 5.41) is 0. The van der Waals surface area contributed by atoms with E-state index in [-0.39, 0.29) is 0 Å². The van der Waals surface area contributed by atoms with E-state index >= 15 is 0 Å². The Morgan fingerprint density at radius 2 is 1.50 bits per heavy atom. The van der Waals surface area contributed by atoms with Crippen LogP contribution in [0.25, 0.3) is 0 Å². The first-order chi connectivity index (χ1) is 8.49. The zero-order chi connectivity index (χ0) is 13.2. The maximum absolute atomic E-state index is 2.66. The highest BCUT2D eigenvalue weighted by Crippen LogP contribution is 2.27. The summed E-state index contributed by atoms with van der Waals surface area (Å²) in [5.41, 5.74) is 0.378. The van der Waals surface area contributed by atoms with Gasteiger partial charge in [0.1, 0.15) is 0 Å². The van der Waals surface area contributed by atoms with E-state index in [2.05, 4.69) is 42.4 Å². The first-order valence-electron chi connectivity index (χ1n) is 7.69. The van der Waals surface area contributed by atoms with Gasteiger partial charge in [-0.05, 0) is 46.2 Å². The molecule has 0 aromatic rings. The van der Waals surface area contributed by atoms with Gasteiger partial charge in [0.2, 0.25) is 0 Å². The Morgan fingerprint density at radius 3 is 2.00 bits per heavy atom. The fraction of sp³-hybridized carbons (Fsp3) is 1.00. The highest BCUT2D eigenvalue weighted by atomic mass is 15.3. The van der Waals surface area contributed by atoms with Crippen molar-refractivity contribution in [2.75, 3.05) is 52.4 Å². The molecule has 2 fully saturated rings. The summed E-state index contributed by atoms with van der Waals surface area (Å²) in [6.45, 7) is 19.5. The normalized spacial score (nSPS) is 25.3. The number of piperazine rings is 1. The summed E-state index contributed by atoms with van der Waals surface area (Å²) in [6.07, 6.45) is 1.40. The Hall–Kier alpha value is -0.120. The number of likely N-dealkylation sites (N-methyl/N-ethyl adjacent to an activating group) is 1. The van der Waals surface area contributed by atoms with Crippen molar-refractivity contribution in [3.8, 4) is 0 Å². The van der Waals surface area contributed by atoms with E-state index in [4.69, 9.17) is 0 Å². The highest BCUT2D eigenvalue weighted by molar-refractivity contribution is 4.89. The van der Waals surface area contributed by atoms with E-state index < -0.39 is 0 Å². The van der Waals surface area contributed by atoms with Crippen LogP contribution in [0.15, 0.2) is 0 Å². The quantitative estimate of drug-likeness (QED) is 0.756. The van der Waals surface area contributed by atoms with Crippen LogP contribution in [0.1, 0.15) is 34.1 Å². The van der Waals surface area contributed by atoms with Gasteiger partial charge in [0.15, 0.2) is 0 Å². The molecular formula is C15H31N3. The van der Waals surface area contributed by atoms with E-state index in [0.29, 0.717) is 5.54 Å². The van der Waals surface area contributed by atoms with Crippen LogP contribution in [-0.2, 0) is 0 Å². The lowest BCUT2D eigenvalue weighted by atomic mass is 9.90. The van der Waals surface area contributed by atoms with Gasteiger partial charge >= 0.3 is 0 Å². The lowest BCUT2D eigenvalue weighted by Crippen LogP contribution is -2.56. The molecule has 0 radical (unpaired) electrons. The number of nitrogens with zero attached hydrogens (tertiary/aromatic N) is 3. The molecule has 0 aliphatic carbocycles. The second-order valence-electron chi connectivity index (χ2n) is 7.01. The monoisotopic (exact) mass is 253 g/mol. The highest BCUT2D eigenvalue weighted by Gasteiger charge is 2.34. The van der Waals surface area contributed by atoms with Crippen molar-refractivity contribution < 1.29 is 0 Å². The largest absolute Gasteiger partial charge is 0.301 e. The average Bonchev–Trinajstić information content (AvgIpc) is 2.26. The molecule has 3 nitrogen and oxygen atoms in total. The molecule has 3 heteroatoms. The predicted octanol–water partition coefficient (Wildman–Crippen LogP) is 1.74. The Balaban J connectivity index is 1.58. The van der Waals surface area contributed by atoms with Gasteiger partial charge in [-0.2, -0.15) is 0 Å². The van der Waals surface area contributed by atoms with Crippen molar-refractivity contribution in [2.45, 2.75) is 39.7 Å². The topological polar surface area (TPSA) is 9.72 Å². The molecule has 2 rings (SSSR count). The molecule has 2 heterocycles. The SMILES string of the molecule is CCN1CCN(CCC2CN(C(C)(C)C)C2)CC1. The van der Waals surface area contributed by atoms with E-state index in [1.165, 1.54) is 58.8 Å². The first-order valence-corrected chi connectivity index (χ1v) is 7.69. The van der Waals surface area contributed by atoms with Gasteiger partial charge in [-0.1, -0.05) is 6.92 Å². The summed E-state index contributed by atoms with van der Waals surface area (Å²) in [5.74, 6) is 0.952. The van der Waals surface area contributed by atoms with Crippen molar-refractivity contribution in [1.82, 2.24) is 14.7 Å². The number of hydrogen-bond acceptors (Lipinski definition) is 3. The molecule has 106 valence electrons. The van der Waals surface area contributed by atoms with Gasteiger partial charge in [0, 0.05) is 44.8 Å². The summed E-state index contributed by atoms with van der Waals surface area (Å²) >= 11 is 0. The van der Waals surface area contributed by atoms with Gasteiger partial charge in [-0.25, -0.2) is 0 Å². The van der Waals surface area contributed by atoms with Crippen LogP contribution in [0.5, 0.6) is 0 Å². The number of hydrogen-bond donors (Lipinski definition) is 0. The molecular weight excluding hydrogens is 222 g/mol. The van der Waals surface area contributed by atoms with Crippen LogP contribution in [0.3, 0.4) is 0 Å². The van der Waals surface area contributed by atoms with E-state index in [1.807, 2.05) is 0 Å². The summed E-state index contributed by atoms with van der Waals surface area (Å²) in [4.78, 5) is 7.82. The second kappa shape index (κ2) is 5.89. The average molecular weight is 253 g/mol. The van der Waals surface area contributed by atoms with Crippen LogP contribution in [-0.4, -0.2) is 72.6 Å². The van der Waals surface area contributed by atoms with Crippen LogP contribution in [0, 0.1) is 5.92 Å². The lowest BCUT2D eigenvalue weighted by molar-refractivity contribution is 0.00435. The fourth-order valence-electron chi connectivity index (χ4n) is 2.99. The van der Waals surface area contributed by atoms with Crippen molar-refractivity contribution in [1.29, 1.82) is 0 Å². The van der Waals surface area contributed by atoms with Crippen molar-refractivity contribution in [3.05, 3.63) is 0 Å². The Bertz CT molecular complexity index is 245. The summed E-state index contributed by atoms with van der Waals surface area (Å²) < 4.78 is 0. The Labute approximate surface area is 113 Å². The van der Waals surface area contributed by atoms with Gasteiger partial charge in [-0.3, -0.25) is 4.90 Å². The molecule has 0 amide bonds. The van der Waals surface area contributed by atoms with Crippen molar-refractivity contribution >= 4 is 0 Å². The smallest absolute Gasteiger partial charge is 0.0125 e. The number of rotatable bonds is 4. The molecule has 2 saturated heterocycles. The minimum Gasteiger partial charge on any atom is -0.301 e. The van der Waals surface area contributed by atoms with Crippen LogP contribution < -0.4 is 0 Å². The molecule has 0 aromatic heterocycles. The number of likely N-dealkylation sites (tertiary alicyclic amines) is 1. The molecule has 2 aliphatic heterocycles. The molecule has 0 unspecified atom stereocenters. The van der Waals surface area contributed by atoms with Gasteiger partial charge in [0.25, 0.3) is 0 Å². The molecule has 0 bridgehead atoms. The fourth-order valence-corrected chi connectivity index (χ4v) is 2.99. The Morgan fingerprint density at radius 1 is 0.944 bits per heavy atom. The molecule has 0 atom stereocenters. The molecule has 0 spiro atoms. The second-order valence-corrected chi connectivity index (χ2v) is 7.01. The molecule has 0 saturated carbocycles. The molecule has 0 aromatic carbocycles. The zero-order valence-corrected chi connectivity index (χ0v) is 12.8. The Kier molecular flexibility index (Phi) is 4.68. The lowest BCUT2D eigenvalue weighted by Gasteiger charge is -2.48. The van der Waals surface area contributed by atoms with E-state index in [1.54, 1.807) is 0 Å². The third-order valence-electron chi connectivity index (χ3n) is 4.67. The minimum absolute atomic E-state index is 0.378. The van der Waals surface area contributed by atoms with E-state index in [9.17, 15) is 0 Å². The summed E-state index contributed by atoms with van der Waals surface area (Å²) in [7, 11) is 0. The third kappa shape index (κ3) is 3.69. The van der Waals surface area contributed by atoms with Crippen LogP contribution in [0.4, 0.5) is 0 Å². The van der Waals surface area contributed by atoms with E-state index in [0.717, 1.165) is 5.92 Å². The van der Waals surface area contributed by atoms with Crippen LogP contribution in [0.2, 0.25) is 0 Å². The van der Waals surface area contributed by atoms with Gasteiger partial charge in [-0.15, -0.1) is 0 Å². The molecule has 18 heavy (non-hydrogen) atoms. The standard InChI is InChI=1S/C15H31N3/c1-5-16-8-10-17(11-9-16)7-6-14-12-18(13-14)15(2,3)4/h14H,5-13H2,1-4H3. The van der Waals surface area contributed by atoms with Crippen molar-refractivity contribution in [2.24, 2.45) is 5.92 Å². The van der Waals surface area contributed by atoms with Crippen LogP contribution >= 0.6 is 0 Å². The molecule has 0 N–H and O–H groups in total. The predicted molar refractivity (Wildman–Crippen MR) is 78.0 cm³/mol. The van der Waals surface area contributed by atoms with Crippen molar-refractivity contribution in [3.63, 3.8) is 0 Å². The zero-order valence-electron chi connectivity index (χ0n) is 12.8. The minimum atomic E-state index is 0.378. The molecule has 2 aliphatic rings. The van der Waals surface area contributed by atoms with Gasteiger partial charge in [0.05, 0.1) is 0 Å².